The maximum Gasteiger partial charge on any atom is 0.245 e. The molecule has 0 fully saturated rings. The van der Waals surface area contributed by atoms with E-state index in [0.29, 0.717) is 45.2 Å². The summed E-state index contributed by atoms with van der Waals surface area (Å²) in [7, 11) is 0. The van der Waals surface area contributed by atoms with E-state index < -0.39 is 30.5 Å². The number of nitrogens with one attached hydrogen (secondary N) is 3. The van der Waals surface area contributed by atoms with E-state index in [-0.39, 0.29) is 17.8 Å². The highest BCUT2D eigenvalue weighted by molar-refractivity contribution is 5.98. The fraction of sp³-hybridized carbons (Fsp3) is 0.217. The molecule has 1 aromatic carbocycles. The van der Waals surface area contributed by atoms with Gasteiger partial charge in [0, 0.05) is 42.4 Å². The van der Waals surface area contributed by atoms with E-state index in [4.69, 9.17) is 11.5 Å². The molecule has 186 valence electrons. The molecule has 0 aliphatic carbocycles. The van der Waals surface area contributed by atoms with Gasteiger partial charge in [-0.05, 0) is 41.6 Å². The van der Waals surface area contributed by atoms with E-state index in [1.807, 2.05) is 0 Å². The standard InChI is InChI=1S/C23H22F3N9O/c1-10-13(2-3-29-22(10)28)14-4-11-6-17(30-9-15(11)21(27)20(14)26)32-18-7-19-31-8-12(5-16(24)25)23(36)34-35(19)33-18/h2-4,6-7,9,12,16,31H,5,8,27H2,1H3,(H2,28,29)(H,34,36)(H,30,32,33). The monoisotopic (exact) mass is 497 g/mol. The second-order valence-electron chi connectivity index (χ2n) is 8.44. The number of alkyl halides is 2. The number of pyridine rings is 2. The number of hydrogen-bond donors (Lipinski definition) is 5. The van der Waals surface area contributed by atoms with Crippen molar-refractivity contribution in [1.82, 2.24) is 19.9 Å². The number of halogens is 3. The van der Waals surface area contributed by atoms with Crippen LogP contribution >= 0.6 is 0 Å². The van der Waals surface area contributed by atoms with Crippen LogP contribution in [0, 0.1) is 18.7 Å². The maximum absolute atomic E-state index is 15.1. The third kappa shape index (κ3) is 4.19. The Hall–Kier alpha value is -4.55. The molecular weight excluding hydrogens is 475 g/mol. The number of aromatic nitrogens is 4. The first-order valence-electron chi connectivity index (χ1n) is 11.0. The highest BCUT2D eigenvalue weighted by atomic mass is 19.3. The zero-order valence-electron chi connectivity index (χ0n) is 19.0. The van der Waals surface area contributed by atoms with Crippen molar-refractivity contribution in [1.29, 1.82) is 0 Å². The SMILES string of the molecule is Cc1c(-c2cc3cc(Nc4cc5n(n4)NC(=O)C(CC(F)F)CN5)ncc3c(N)c2F)ccnc1N. The molecule has 4 aromatic rings. The summed E-state index contributed by atoms with van der Waals surface area (Å²) in [6.07, 6.45) is -0.189. The molecule has 3 aromatic heterocycles. The molecule has 36 heavy (non-hydrogen) atoms. The second kappa shape index (κ2) is 8.91. The predicted octanol–water partition coefficient (Wildman–Crippen LogP) is 3.62. The van der Waals surface area contributed by atoms with Crippen molar-refractivity contribution >= 4 is 45.6 Å². The minimum atomic E-state index is -2.59. The number of rotatable bonds is 5. The van der Waals surface area contributed by atoms with Gasteiger partial charge in [0.15, 0.2) is 11.6 Å². The van der Waals surface area contributed by atoms with Crippen molar-refractivity contribution in [3.05, 3.63) is 48.0 Å². The number of fused-ring (bicyclic) bond motifs is 2. The number of carbonyl (C=O) groups excluding carboxylic acids is 1. The van der Waals surface area contributed by atoms with Gasteiger partial charge in [-0.2, -0.15) is 4.79 Å². The lowest BCUT2D eigenvalue weighted by molar-refractivity contribution is -0.121. The number of anilines is 5. The van der Waals surface area contributed by atoms with Crippen molar-refractivity contribution < 1.29 is 18.0 Å². The van der Waals surface area contributed by atoms with Gasteiger partial charge in [0.1, 0.15) is 17.5 Å². The van der Waals surface area contributed by atoms with Crippen LogP contribution < -0.4 is 27.5 Å². The molecule has 1 aliphatic heterocycles. The summed E-state index contributed by atoms with van der Waals surface area (Å²) in [5.74, 6) is -0.581. The van der Waals surface area contributed by atoms with Crippen LogP contribution in [0.5, 0.6) is 0 Å². The number of nitrogens with zero attached hydrogens (tertiary/aromatic N) is 4. The van der Waals surface area contributed by atoms with Crippen molar-refractivity contribution in [2.45, 2.75) is 19.8 Å². The lowest BCUT2D eigenvalue weighted by Gasteiger charge is -2.13. The average molecular weight is 497 g/mol. The fourth-order valence-electron chi connectivity index (χ4n) is 4.11. The van der Waals surface area contributed by atoms with Crippen LogP contribution in [0.25, 0.3) is 21.9 Å². The average Bonchev–Trinajstić information content (AvgIpc) is 3.14. The Labute approximate surface area is 202 Å². The summed E-state index contributed by atoms with van der Waals surface area (Å²) in [5.41, 5.74) is 15.9. The minimum absolute atomic E-state index is 0.0437. The summed E-state index contributed by atoms with van der Waals surface area (Å²) in [6, 6.07) is 6.61. The lowest BCUT2D eigenvalue weighted by Crippen LogP contribution is -2.31. The molecule has 10 nitrogen and oxygen atoms in total. The molecular formula is C23H22F3N9O. The van der Waals surface area contributed by atoms with Crippen molar-refractivity contribution in [3.8, 4) is 11.1 Å². The Balaban J connectivity index is 1.44. The van der Waals surface area contributed by atoms with Crippen LogP contribution in [0.3, 0.4) is 0 Å². The molecule has 4 heterocycles. The first-order valence-corrected chi connectivity index (χ1v) is 11.0. The molecule has 0 radical (unpaired) electrons. The number of nitrogen functional groups attached to an aromatic ring is 2. The molecule has 1 amide bonds. The maximum atomic E-state index is 15.1. The fourth-order valence-corrected chi connectivity index (χ4v) is 4.11. The third-order valence-electron chi connectivity index (χ3n) is 6.08. The second-order valence-corrected chi connectivity index (χ2v) is 8.44. The normalized spacial score (nSPS) is 15.4. The van der Waals surface area contributed by atoms with Gasteiger partial charge in [-0.25, -0.2) is 28.6 Å². The number of carbonyl (C=O) groups is 1. The molecule has 13 heteroatoms. The summed E-state index contributed by atoms with van der Waals surface area (Å²) < 4.78 is 40.6. The largest absolute Gasteiger partial charge is 0.396 e. The molecule has 0 bridgehead atoms. The third-order valence-corrected chi connectivity index (χ3v) is 6.08. The zero-order valence-corrected chi connectivity index (χ0v) is 19.0. The molecule has 0 saturated carbocycles. The number of benzene rings is 1. The van der Waals surface area contributed by atoms with Gasteiger partial charge in [0.25, 0.3) is 0 Å². The molecule has 0 saturated heterocycles. The molecule has 0 spiro atoms. The van der Waals surface area contributed by atoms with Crippen molar-refractivity contribution in [2.75, 3.05) is 34.1 Å². The number of amides is 1. The molecule has 7 N–H and O–H groups in total. The van der Waals surface area contributed by atoms with Gasteiger partial charge in [-0.15, -0.1) is 5.10 Å². The molecule has 1 atom stereocenters. The minimum Gasteiger partial charge on any atom is -0.396 e. The van der Waals surface area contributed by atoms with Crippen LogP contribution in [-0.4, -0.2) is 38.7 Å². The van der Waals surface area contributed by atoms with E-state index in [2.05, 4.69) is 31.1 Å². The predicted molar refractivity (Wildman–Crippen MR) is 131 cm³/mol. The molecule has 1 unspecified atom stereocenters. The summed E-state index contributed by atoms with van der Waals surface area (Å²) in [4.78, 5) is 21.7. The van der Waals surface area contributed by atoms with E-state index in [1.54, 1.807) is 31.2 Å². The van der Waals surface area contributed by atoms with E-state index in [0.717, 1.165) is 0 Å². The number of nitrogens with two attached hydrogens (primary N) is 2. The van der Waals surface area contributed by atoms with Gasteiger partial charge in [0.2, 0.25) is 12.3 Å². The van der Waals surface area contributed by atoms with Gasteiger partial charge in [0.05, 0.1) is 11.6 Å². The van der Waals surface area contributed by atoms with Gasteiger partial charge >= 0.3 is 0 Å². The first-order chi connectivity index (χ1) is 17.2. The molecule has 1 aliphatic rings. The highest BCUT2D eigenvalue weighted by Gasteiger charge is 2.27. The van der Waals surface area contributed by atoms with E-state index >= 15 is 4.39 Å². The Morgan fingerprint density at radius 1 is 1.19 bits per heavy atom. The van der Waals surface area contributed by atoms with Crippen LogP contribution in [-0.2, 0) is 4.79 Å². The zero-order chi connectivity index (χ0) is 25.6. The summed E-state index contributed by atoms with van der Waals surface area (Å²) in [6.45, 7) is 1.80. The quantitative estimate of drug-likeness (QED) is 0.263. The van der Waals surface area contributed by atoms with E-state index in [1.165, 1.54) is 17.2 Å². The van der Waals surface area contributed by atoms with E-state index in [9.17, 15) is 13.6 Å². The Morgan fingerprint density at radius 3 is 2.78 bits per heavy atom. The highest BCUT2D eigenvalue weighted by Crippen LogP contribution is 2.36. The van der Waals surface area contributed by atoms with Crippen LogP contribution in [0.15, 0.2) is 36.7 Å². The summed E-state index contributed by atoms with van der Waals surface area (Å²) in [5, 5.41) is 11.3. The van der Waals surface area contributed by atoms with Gasteiger partial charge in [-0.1, -0.05) is 0 Å². The first kappa shape index (κ1) is 23.2. The molecule has 5 rings (SSSR count). The topological polar surface area (TPSA) is 149 Å². The smallest absolute Gasteiger partial charge is 0.245 e. The van der Waals surface area contributed by atoms with Crippen molar-refractivity contribution in [3.63, 3.8) is 0 Å². The van der Waals surface area contributed by atoms with Crippen molar-refractivity contribution in [2.24, 2.45) is 5.92 Å². The Kier molecular flexibility index (Phi) is 5.74. The Morgan fingerprint density at radius 2 is 2.00 bits per heavy atom. The number of hydrogen-bond acceptors (Lipinski definition) is 8. The Bertz CT molecular complexity index is 1490. The van der Waals surface area contributed by atoms with Gasteiger partial charge in [-0.3, -0.25) is 4.79 Å². The van der Waals surface area contributed by atoms with Crippen LogP contribution in [0.2, 0.25) is 0 Å². The lowest BCUT2D eigenvalue weighted by atomic mass is 9.97. The van der Waals surface area contributed by atoms with Crippen LogP contribution in [0.1, 0.15) is 12.0 Å². The van der Waals surface area contributed by atoms with Gasteiger partial charge < -0.3 is 22.1 Å². The summed E-state index contributed by atoms with van der Waals surface area (Å²) >= 11 is 0. The van der Waals surface area contributed by atoms with Crippen LogP contribution in [0.4, 0.5) is 42.1 Å².